The second kappa shape index (κ2) is 11.3. The third kappa shape index (κ3) is 6.04. The number of nitrogens with zero attached hydrogens (tertiary/aromatic N) is 4. The molecule has 1 N–H and O–H groups in total. The fourth-order valence-electron chi connectivity index (χ4n) is 3.19. The maximum absolute atomic E-state index is 12.7. The van der Waals surface area contributed by atoms with Gasteiger partial charge in [0, 0.05) is 18.2 Å². The normalized spacial score (nSPS) is 10.7. The van der Waals surface area contributed by atoms with Gasteiger partial charge in [-0.25, -0.2) is 0 Å². The Labute approximate surface area is 213 Å². The zero-order valence-corrected chi connectivity index (χ0v) is 19.7. The molecular weight excluding hydrogens is 502 g/mol. The van der Waals surface area contributed by atoms with Crippen LogP contribution < -0.4 is 14.8 Å². The molecule has 14 heteroatoms. The van der Waals surface area contributed by atoms with Crippen LogP contribution >= 0.6 is 0 Å². The molecule has 0 saturated heterocycles. The minimum Gasteiger partial charge on any atom is -0.493 e. The summed E-state index contributed by atoms with van der Waals surface area (Å²) in [6.45, 7) is 1.62. The van der Waals surface area contributed by atoms with Gasteiger partial charge in [0.2, 0.25) is 5.75 Å². The van der Waals surface area contributed by atoms with Gasteiger partial charge in [0.15, 0.2) is 11.5 Å². The van der Waals surface area contributed by atoms with Gasteiger partial charge in [0.25, 0.3) is 17.3 Å². The molecule has 192 valence electrons. The summed E-state index contributed by atoms with van der Waals surface area (Å²) in [5.74, 6) is -1.03. The first kappa shape index (κ1) is 26.8. The number of carbonyl (C=O) groups is 1. The Balaban J connectivity index is 1.95. The molecule has 0 aliphatic heterocycles. The number of methoxy groups -OCH3 is 1. The first-order chi connectivity index (χ1) is 18.0. The summed E-state index contributed by atoms with van der Waals surface area (Å²) in [6.07, 6.45) is 1.21. The van der Waals surface area contributed by atoms with Crippen LogP contribution in [0.4, 0.5) is 22.7 Å². The summed E-state index contributed by atoms with van der Waals surface area (Å²) < 4.78 is 10.8. The topological polar surface area (TPSA) is 201 Å². The molecule has 3 aromatic carbocycles. The van der Waals surface area contributed by atoms with Crippen LogP contribution in [-0.2, 0) is 4.79 Å². The highest BCUT2D eigenvalue weighted by Crippen LogP contribution is 2.38. The molecule has 0 heterocycles. The highest BCUT2D eigenvalue weighted by molar-refractivity contribution is 6.10. The maximum Gasteiger partial charge on any atom is 0.318 e. The van der Waals surface area contributed by atoms with Crippen molar-refractivity contribution in [3.63, 3.8) is 0 Å². The summed E-state index contributed by atoms with van der Waals surface area (Å²) in [5.41, 5.74) is -0.810. The van der Waals surface area contributed by atoms with Crippen LogP contribution in [0.3, 0.4) is 0 Å². The number of nitro benzene ring substituents is 3. The lowest BCUT2D eigenvalue weighted by Gasteiger charge is -2.12. The number of carbonyl (C=O) groups excluding carboxylic acids is 1. The summed E-state index contributed by atoms with van der Waals surface area (Å²) in [6, 6.07) is 12.8. The van der Waals surface area contributed by atoms with Crippen molar-refractivity contribution >= 4 is 34.7 Å². The van der Waals surface area contributed by atoms with Gasteiger partial charge in [-0.05, 0) is 42.3 Å². The van der Waals surface area contributed by atoms with Crippen LogP contribution in [0.1, 0.15) is 11.1 Å². The fraction of sp³-hybridized carbons (Fsp3) is 0.0833. The Morgan fingerprint density at radius 1 is 0.895 bits per heavy atom. The predicted octanol–water partition coefficient (Wildman–Crippen LogP) is 5.07. The van der Waals surface area contributed by atoms with Crippen molar-refractivity contribution in [1.82, 2.24) is 0 Å². The molecule has 38 heavy (non-hydrogen) atoms. The first-order valence-corrected chi connectivity index (χ1v) is 10.5. The maximum atomic E-state index is 12.7. The molecule has 3 aromatic rings. The molecule has 0 aliphatic rings. The van der Waals surface area contributed by atoms with E-state index in [1.165, 1.54) is 49.6 Å². The lowest BCUT2D eigenvalue weighted by Crippen LogP contribution is -2.14. The average Bonchev–Trinajstić information content (AvgIpc) is 2.88. The van der Waals surface area contributed by atoms with E-state index in [1.807, 2.05) is 0 Å². The smallest absolute Gasteiger partial charge is 0.318 e. The second-order valence-electron chi connectivity index (χ2n) is 7.56. The fourth-order valence-corrected chi connectivity index (χ4v) is 3.19. The van der Waals surface area contributed by atoms with Crippen LogP contribution in [0.5, 0.6) is 17.2 Å². The van der Waals surface area contributed by atoms with Crippen LogP contribution in [0, 0.1) is 48.6 Å². The van der Waals surface area contributed by atoms with Crippen LogP contribution in [-0.4, -0.2) is 27.8 Å². The number of ether oxygens (including phenoxy) is 2. The van der Waals surface area contributed by atoms with Crippen molar-refractivity contribution in [1.29, 1.82) is 5.26 Å². The molecule has 0 bridgehead atoms. The minimum atomic E-state index is -0.841. The molecule has 14 nitrogen and oxygen atoms in total. The number of amides is 1. The number of non-ortho nitro benzene ring substituents is 2. The first-order valence-electron chi connectivity index (χ1n) is 10.5. The van der Waals surface area contributed by atoms with Crippen molar-refractivity contribution in [3.8, 4) is 23.3 Å². The molecule has 0 radical (unpaired) electrons. The number of aryl methyl sites for hydroxylation is 1. The molecule has 0 spiro atoms. The molecule has 0 saturated carbocycles. The van der Waals surface area contributed by atoms with Gasteiger partial charge in [-0.3, -0.25) is 35.1 Å². The number of nitriles is 1. The quantitative estimate of drug-likeness (QED) is 0.172. The minimum absolute atomic E-state index is 0.0366. The number of nitrogens with one attached hydrogen (secondary N) is 1. The summed E-state index contributed by atoms with van der Waals surface area (Å²) >= 11 is 0. The highest BCUT2D eigenvalue weighted by atomic mass is 16.6. The van der Waals surface area contributed by atoms with Crippen molar-refractivity contribution in [2.45, 2.75) is 6.92 Å². The van der Waals surface area contributed by atoms with E-state index in [1.54, 1.807) is 13.0 Å². The molecule has 0 aliphatic carbocycles. The molecule has 0 fully saturated rings. The van der Waals surface area contributed by atoms with E-state index >= 15 is 0 Å². The van der Waals surface area contributed by atoms with Crippen molar-refractivity contribution in [3.05, 3.63) is 102 Å². The molecule has 3 rings (SSSR count). The van der Waals surface area contributed by atoms with Crippen LogP contribution in [0.2, 0.25) is 0 Å². The van der Waals surface area contributed by atoms with Gasteiger partial charge < -0.3 is 14.8 Å². The molecule has 0 atom stereocenters. The zero-order valence-electron chi connectivity index (χ0n) is 19.7. The molecule has 1 amide bonds. The number of hydrogen-bond donors (Lipinski definition) is 1. The van der Waals surface area contributed by atoms with E-state index in [0.29, 0.717) is 5.56 Å². The van der Waals surface area contributed by atoms with Crippen LogP contribution in [0.25, 0.3) is 6.08 Å². The monoisotopic (exact) mass is 519 g/mol. The lowest BCUT2D eigenvalue weighted by molar-refractivity contribution is -0.394. The van der Waals surface area contributed by atoms with Gasteiger partial charge in [0.1, 0.15) is 11.6 Å². The third-order valence-electron chi connectivity index (χ3n) is 5.11. The van der Waals surface area contributed by atoms with E-state index in [-0.39, 0.29) is 39.8 Å². The van der Waals surface area contributed by atoms with Crippen molar-refractivity contribution in [2.75, 3.05) is 12.4 Å². The van der Waals surface area contributed by atoms with Gasteiger partial charge in [-0.2, -0.15) is 5.26 Å². The third-order valence-corrected chi connectivity index (χ3v) is 5.11. The largest absolute Gasteiger partial charge is 0.493 e. The lowest BCUT2D eigenvalue weighted by atomic mass is 10.1. The Kier molecular flexibility index (Phi) is 7.93. The van der Waals surface area contributed by atoms with E-state index in [2.05, 4.69) is 5.32 Å². The number of anilines is 1. The molecule has 0 aromatic heterocycles. The zero-order chi connectivity index (χ0) is 28.0. The summed E-state index contributed by atoms with van der Waals surface area (Å²) in [5, 5.41) is 45.5. The number of hydrogen-bond acceptors (Lipinski definition) is 10. The Bertz CT molecular complexity index is 1540. The van der Waals surface area contributed by atoms with Gasteiger partial charge >= 0.3 is 5.69 Å². The Morgan fingerprint density at radius 3 is 2.13 bits per heavy atom. The SMILES string of the molecule is COc1ccc(/C=C(\C#N)C(=O)Nc2cc([N+](=O)[O-])ccc2C)cc1Oc1ccc([N+](=O)[O-])cc1[N+](=O)[O-]. The second-order valence-corrected chi connectivity index (χ2v) is 7.56. The average molecular weight is 519 g/mol. The number of benzene rings is 3. The molecular formula is C24H17N5O9. The van der Waals surface area contributed by atoms with E-state index in [9.17, 15) is 40.4 Å². The van der Waals surface area contributed by atoms with Crippen molar-refractivity contribution < 1.29 is 29.0 Å². The summed E-state index contributed by atoms with van der Waals surface area (Å²) in [4.78, 5) is 44.0. The van der Waals surface area contributed by atoms with Gasteiger partial charge in [-0.15, -0.1) is 0 Å². The van der Waals surface area contributed by atoms with E-state index in [0.717, 1.165) is 18.2 Å². The van der Waals surface area contributed by atoms with E-state index < -0.39 is 32.1 Å². The Hall–Kier alpha value is -5.84. The highest BCUT2D eigenvalue weighted by Gasteiger charge is 2.22. The van der Waals surface area contributed by atoms with Gasteiger partial charge in [-0.1, -0.05) is 12.1 Å². The Morgan fingerprint density at radius 2 is 1.53 bits per heavy atom. The van der Waals surface area contributed by atoms with Gasteiger partial charge in [0.05, 0.1) is 33.6 Å². The number of nitro groups is 3. The summed E-state index contributed by atoms with van der Waals surface area (Å²) in [7, 11) is 1.32. The van der Waals surface area contributed by atoms with E-state index in [4.69, 9.17) is 9.47 Å². The van der Waals surface area contributed by atoms with Crippen molar-refractivity contribution in [2.24, 2.45) is 0 Å². The standard InChI is InChI=1S/C24H17N5O9/c1-14-3-5-17(27(31)32)11-19(14)26-24(30)16(13-25)9-15-4-7-22(37-2)23(10-15)38-21-8-6-18(28(33)34)12-20(21)29(35)36/h3-12H,1-2H3,(H,26,30)/b16-9+. The number of rotatable bonds is 9. The molecule has 0 unspecified atom stereocenters. The predicted molar refractivity (Wildman–Crippen MR) is 133 cm³/mol. The van der Waals surface area contributed by atoms with Crippen LogP contribution in [0.15, 0.2) is 60.2 Å².